The van der Waals surface area contributed by atoms with Gasteiger partial charge in [0.2, 0.25) is 0 Å². The summed E-state index contributed by atoms with van der Waals surface area (Å²) in [5.74, 6) is -1.12. The number of carboxylic acids is 1. The largest absolute Gasteiger partial charge is 0.478 e. The first-order valence-electron chi connectivity index (χ1n) is 4.93. The van der Waals surface area contributed by atoms with Crippen LogP contribution in [0.15, 0.2) is 30.5 Å². The Bertz CT molecular complexity index is 629. The van der Waals surface area contributed by atoms with E-state index in [9.17, 15) is 4.79 Å². The molecule has 0 fully saturated rings. The van der Waals surface area contributed by atoms with Gasteiger partial charge in [0.25, 0.3) is 0 Å². The molecule has 0 atom stereocenters. The molecule has 0 amide bonds. The standard InChI is InChI=1S/C12H8Cl2N2O2/c13-6-1-2-10(14)8(3-6)11-9(12(17)18)4-7(15)5-16-11/h1-5H,15H2,(H,17,18). The van der Waals surface area contributed by atoms with Crippen LogP contribution >= 0.6 is 23.2 Å². The Morgan fingerprint density at radius 1 is 1.28 bits per heavy atom. The van der Waals surface area contributed by atoms with Gasteiger partial charge in [0.1, 0.15) is 0 Å². The molecule has 1 heterocycles. The molecule has 92 valence electrons. The van der Waals surface area contributed by atoms with Crippen LogP contribution in [0, 0.1) is 0 Å². The molecule has 1 aromatic carbocycles. The number of carbonyl (C=O) groups is 1. The van der Waals surface area contributed by atoms with E-state index in [-0.39, 0.29) is 16.9 Å². The highest BCUT2D eigenvalue weighted by molar-refractivity contribution is 6.35. The maximum atomic E-state index is 11.2. The highest BCUT2D eigenvalue weighted by Gasteiger charge is 2.16. The monoisotopic (exact) mass is 282 g/mol. The number of halogens is 2. The second-order valence-electron chi connectivity index (χ2n) is 3.59. The van der Waals surface area contributed by atoms with E-state index in [2.05, 4.69) is 4.98 Å². The van der Waals surface area contributed by atoms with E-state index in [1.54, 1.807) is 18.2 Å². The fraction of sp³-hybridized carbons (Fsp3) is 0. The number of anilines is 1. The van der Waals surface area contributed by atoms with Crippen molar-refractivity contribution in [3.63, 3.8) is 0 Å². The molecule has 0 radical (unpaired) electrons. The number of aromatic nitrogens is 1. The zero-order chi connectivity index (χ0) is 13.3. The van der Waals surface area contributed by atoms with Crippen molar-refractivity contribution in [2.75, 3.05) is 5.73 Å². The van der Waals surface area contributed by atoms with Crippen molar-refractivity contribution in [3.8, 4) is 11.3 Å². The summed E-state index contributed by atoms with van der Waals surface area (Å²) < 4.78 is 0. The van der Waals surface area contributed by atoms with Gasteiger partial charge < -0.3 is 10.8 Å². The predicted molar refractivity (Wildman–Crippen MR) is 71.1 cm³/mol. The molecule has 0 saturated heterocycles. The lowest BCUT2D eigenvalue weighted by molar-refractivity contribution is 0.0697. The molecule has 0 aliphatic heterocycles. The number of nitrogens with zero attached hydrogens (tertiary/aromatic N) is 1. The summed E-state index contributed by atoms with van der Waals surface area (Å²) in [6, 6.07) is 6.10. The van der Waals surface area contributed by atoms with Gasteiger partial charge in [0.15, 0.2) is 0 Å². The summed E-state index contributed by atoms with van der Waals surface area (Å²) in [5.41, 5.74) is 6.48. The quantitative estimate of drug-likeness (QED) is 0.886. The van der Waals surface area contributed by atoms with Crippen molar-refractivity contribution in [3.05, 3.63) is 46.1 Å². The van der Waals surface area contributed by atoms with Gasteiger partial charge in [-0.1, -0.05) is 23.2 Å². The molecule has 3 N–H and O–H groups in total. The molecule has 0 aliphatic carbocycles. The van der Waals surface area contributed by atoms with Crippen molar-refractivity contribution in [1.29, 1.82) is 0 Å². The third-order valence-electron chi connectivity index (χ3n) is 2.32. The van der Waals surface area contributed by atoms with Gasteiger partial charge in [-0.2, -0.15) is 0 Å². The van der Waals surface area contributed by atoms with Crippen molar-refractivity contribution in [2.24, 2.45) is 0 Å². The zero-order valence-electron chi connectivity index (χ0n) is 9.02. The van der Waals surface area contributed by atoms with E-state index in [0.29, 0.717) is 15.6 Å². The van der Waals surface area contributed by atoms with E-state index in [4.69, 9.17) is 34.0 Å². The normalized spacial score (nSPS) is 10.3. The number of pyridine rings is 1. The third-order valence-corrected chi connectivity index (χ3v) is 2.89. The highest BCUT2D eigenvalue weighted by Crippen LogP contribution is 2.32. The molecular weight excluding hydrogens is 275 g/mol. The van der Waals surface area contributed by atoms with E-state index in [0.717, 1.165) is 0 Å². The second-order valence-corrected chi connectivity index (χ2v) is 4.44. The molecule has 0 spiro atoms. The summed E-state index contributed by atoms with van der Waals surface area (Å²) in [7, 11) is 0. The van der Waals surface area contributed by atoms with Crippen molar-refractivity contribution in [2.45, 2.75) is 0 Å². The summed E-state index contributed by atoms with van der Waals surface area (Å²) in [5, 5.41) is 9.96. The van der Waals surface area contributed by atoms with Crippen molar-refractivity contribution >= 4 is 34.9 Å². The van der Waals surface area contributed by atoms with Gasteiger partial charge in [-0.15, -0.1) is 0 Å². The van der Waals surface area contributed by atoms with Crippen LogP contribution in [0.4, 0.5) is 5.69 Å². The fourth-order valence-electron chi connectivity index (χ4n) is 1.54. The van der Waals surface area contributed by atoms with Gasteiger partial charge >= 0.3 is 5.97 Å². The Hall–Kier alpha value is -1.78. The lowest BCUT2D eigenvalue weighted by Gasteiger charge is -2.08. The van der Waals surface area contributed by atoms with E-state index >= 15 is 0 Å². The van der Waals surface area contributed by atoms with Crippen LogP contribution in [0.3, 0.4) is 0 Å². The minimum atomic E-state index is -1.12. The Labute approximate surface area is 113 Å². The average Bonchev–Trinajstić information content (AvgIpc) is 2.32. The number of rotatable bonds is 2. The van der Waals surface area contributed by atoms with Crippen LogP contribution in [0.25, 0.3) is 11.3 Å². The lowest BCUT2D eigenvalue weighted by Crippen LogP contribution is -2.03. The molecule has 1 aromatic heterocycles. The summed E-state index contributed by atoms with van der Waals surface area (Å²) in [4.78, 5) is 15.2. The van der Waals surface area contributed by atoms with Crippen LogP contribution in [-0.2, 0) is 0 Å². The number of hydrogen-bond donors (Lipinski definition) is 2. The molecule has 6 heteroatoms. The topological polar surface area (TPSA) is 76.2 Å². The van der Waals surface area contributed by atoms with E-state index < -0.39 is 5.97 Å². The maximum Gasteiger partial charge on any atom is 0.337 e. The van der Waals surface area contributed by atoms with Crippen LogP contribution < -0.4 is 5.73 Å². The average molecular weight is 283 g/mol. The van der Waals surface area contributed by atoms with Gasteiger partial charge in [0, 0.05) is 10.6 Å². The third kappa shape index (κ3) is 2.39. The van der Waals surface area contributed by atoms with Gasteiger partial charge in [0.05, 0.1) is 28.2 Å². The van der Waals surface area contributed by atoms with Crippen molar-refractivity contribution < 1.29 is 9.90 Å². The molecule has 4 nitrogen and oxygen atoms in total. The molecule has 0 unspecified atom stereocenters. The SMILES string of the molecule is Nc1cnc(-c2cc(Cl)ccc2Cl)c(C(=O)O)c1. The van der Waals surface area contributed by atoms with Crippen LogP contribution in [0.5, 0.6) is 0 Å². The molecule has 18 heavy (non-hydrogen) atoms. The van der Waals surface area contributed by atoms with Gasteiger partial charge in [-0.25, -0.2) is 4.79 Å². The lowest BCUT2D eigenvalue weighted by atomic mass is 10.1. The maximum absolute atomic E-state index is 11.2. The number of carboxylic acid groups (broad SMARTS) is 1. The van der Waals surface area contributed by atoms with Gasteiger partial charge in [-0.3, -0.25) is 4.98 Å². The Kier molecular flexibility index (Phi) is 3.41. The van der Waals surface area contributed by atoms with Crippen LogP contribution in [0.2, 0.25) is 10.0 Å². The van der Waals surface area contributed by atoms with Gasteiger partial charge in [-0.05, 0) is 24.3 Å². The number of nitrogens with two attached hydrogens (primary N) is 1. The molecule has 0 bridgehead atoms. The van der Waals surface area contributed by atoms with Crippen LogP contribution in [-0.4, -0.2) is 16.1 Å². The molecular formula is C12H8Cl2N2O2. The summed E-state index contributed by atoms with van der Waals surface area (Å²) >= 11 is 11.9. The number of hydrogen-bond acceptors (Lipinski definition) is 3. The zero-order valence-corrected chi connectivity index (χ0v) is 10.5. The number of nitrogen functional groups attached to an aromatic ring is 1. The Morgan fingerprint density at radius 2 is 2.00 bits per heavy atom. The first-order valence-corrected chi connectivity index (χ1v) is 5.69. The summed E-state index contributed by atoms with van der Waals surface area (Å²) in [6.07, 6.45) is 1.37. The van der Waals surface area contributed by atoms with Crippen LogP contribution in [0.1, 0.15) is 10.4 Å². The Morgan fingerprint density at radius 3 is 2.67 bits per heavy atom. The first-order chi connectivity index (χ1) is 8.49. The van der Waals surface area contributed by atoms with Crippen molar-refractivity contribution in [1.82, 2.24) is 4.98 Å². The number of aromatic carboxylic acids is 1. The molecule has 2 rings (SSSR count). The Balaban J connectivity index is 2.70. The summed E-state index contributed by atoms with van der Waals surface area (Å²) in [6.45, 7) is 0. The minimum absolute atomic E-state index is 0.0147. The minimum Gasteiger partial charge on any atom is -0.478 e. The first kappa shape index (κ1) is 12.7. The second kappa shape index (κ2) is 4.84. The van der Waals surface area contributed by atoms with E-state index in [1.807, 2.05) is 0 Å². The molecule has 0 aliphatic rings. The fourth-order valence-corrected chi connectivity index (χ4v) is 1.92. The number of benzene rings is 1. The van der Waals surface area contributed by atoms with E-state index in [1.165, 1.54) is 12.3 Å². The molecule has 0 saturated carbocycles. The smallest absolute Gasteiger partial charge is 0.337 e. The predicted octanol–water partition coefficient (Wildman–Crippen LogP) is 3.34. The highest BCUT2D eigenvalue weighted by atomic mass is 35.5. The molecule has 2 aromatic rings.